The fraction of sp³-hybridized carbons (Fsp3) is 0.850. The molecule has 6 nitrogen and oxygen atoms in total. The lowest BCUT2D eigenvalue weighted by Gasteiger charge is -2.18. The van der Waals surface area contributed by atoms with Crippen molar-refractivity contribution < 1.29 is 28.6 Å². The van der Waals surface area contributed by atoms with Crippen LogP contribution in [0.2, 0.25) is 0 Å². The van der Waals surface area contributed by atoms with Gasteiger partial charge in [0.1, 0.15) is 13.2 Å². The summed E-state index contributed by atoms with van der Waals surface area (Å²) in [7, 11) is 0. The molecule has 0 spiro atoms. The Bertz CT molecular complexity index is 1110. The van der Waals surface area contributed by atoms with Crippen molar-refractivity contribution >= 4 is 17.9 Å². The predicted molar refractivity (Wildman–Crippen MR) is 284 cm³/mol. The molecular formula is C60H110O6. The summed E-state index contributed by atoms with van der Waals surface area (Å²) >= 11 is 0. The molecule has 0 saturated heterocycles. The number of carbonyl (C=O) groups is 3. The molecule has 66 heavy (non-hydrogen) atoms. The summed E-state index contributed by atoms with van der Waals surface area (Å²) < 4.78 is 16.8. The molecule has 0 rings (SSSR count). The van der Waals surface area contributed by atoms with Crippen molar-refractivity contribution in [3.63, 3.8) is 0 Å². The molecule has 0 N–H and O–H groups in total. The minimum Gasteiger partial charge on any atom is -0.462 e. The molecule has 0 aliphatic carbocycles. The van der Waals surface area contributed by atoms with Gasteiger partial charge in [-0.15, -0.1) is 0 Å². The molecule has 0 aliphatic heterocycles. The highest BCUT2D eigenvalue weighted by Crippen LogP contribution is 2.17. The van der Waals surface area contributed by atoms with E-state index in [9.17, 15) is 14.4 Å². The molecule has 0 aromatic heterocycles. The molecule has 0 heterocycles. The van der Waals surface area contributed by atoms with E-state index in [-0.39, 0.29) is 31.1 Å². The van der Waals surface area contributed by atoms with Gasteiger partial charge in [-0.05, 0) is 51.4 Å². The van der Waals surface area contributed by atoms with Crippen molar-refractivity contribution in [3.8, 4) is 0 Å². The summed E-state index contributed by atoms with van der Waals surface area (Å²) in [6.45, 7) is 6.54. The molecule has 0 aliphatic rings. The Balaban J connectivity index is 4.23. The highest BCUT2D eigenvalue weighted by molar-refractivity contribution is 5.71. The van der Waals surface area contributed by atoms with Gasteiger partial charge in [0.15, 0.2) is 6.10 Å². The second-order valence-corrected chi connectivity index (χ2v) is 19.5. The van der Waals surface area contributed by atoms with Gasteiger partial charge in [0.2, 0.25) is 0 Å². The number of hydrogen-bond acceptors (Lipinski definition) is 6. The zero-order valence-corrected chi connectivity index (χ0v) is 44.2. The maximum atomic E-state index is 12.8. The van der Waals surface area contributed by atoms with Gasteiger partial charge in [0.25, 0.3) is 0 Å². The number of allylic oxidation sites excluding steroid dienone is 6. The van der Waals surface area contributed by atoms with E-state index < -0.39 is 6.10 Å². The number of ether oxygens (including phenoxy) is 3. The molecule has 0 aromatic carbocycles. The Labute approximate surface area is 410 Å². The van der Waals surface area contributed by atoms with Crippen molar-refractivity contribution in [2.75, 3.05) is 13.2 Å². The summed E-state index contributed by atoms with van der Waals surface area (Å²) in [4.78, 5) is 38.0. The first-order valence-electron chi connectivity index (χ1n) is 29.0. The van der Waals surface area contributed by atoms with Crippen LogP contribution in [-0.4, -0.2) is 37.2 Å². The van der Waals surface area contributed by atoms with Gasteiger partial charge in [-0.3, -0.25) is 14.4 Å². The quantitative estimate of drug-likeness (QED) is 0.0262. The molecule has 1 atom stereocenters. The smallest absolute Gasteiger partial charge is 0.306 e. The summed E-state index contributed by atoms with van der Waals surface area (Å²) in [6, 6.07) is 0. The van der Waals surface area contributed by atoms with Crippen LogP contribution >= 0.6 is 0 Å². The summed E-state index contributed by atoms with van der Waals surface area (Å²) in [5, 5.41) is 0. The second kappa shape index (κ2) is 55.2. The second-order valence-electron chi connectivity index (χ2n) is 19.5. The summed E-state index contributed by atoms with van der Waals surface area (Å²) in [5.41, 5.74) is 0. The van der Waals surface area contributed by atoms with Gasteiger partial charge in [-0.2, -0.15) is 0 Å². The van der Waals surface area contributed by atoms with Crippen LogP contribution in [0, 0.1) is 0 Å². The van der Waals surface area contributed by atoms with Gasteiger partial charge in [-0.25, -0.2) is 0 Å². The lowest BCUT2D eigenvalue weighted by Crippen LogP contribution is -2.30. The molecule has 0 fully saturated rings. The first kappa shape index (κ1) is 63.6. The van der Waals surface area contributed by atoms with E-state index in [4.69, 9.17) is 14.2 Å². The normalized spacial score (nSPS) is 12.2. The van der Waals surface area contributed by atoms with Gasteiger partial charge >= 0.3 is 17.9 Å². The third-order valence-corrected chi connectivity index (χ3v) is 12.9. The highest BCUT2D eigenvalue weighted by atomic mass is 16.6. The van der Waals surface area contributed by atoms with E-state index in [0.717, 1.165) is 83.5 Å². The minimum atomic E-state index is -0.782. The monoisotopic (exact) mass is 927 g/mol. The zero-order valence-electron chi connectivity index (χ0n) is 44.2. The van der Waals surface area contributed by atoms with E-state index in [1.807, 2.05) is 0 Å². The van der Waals surface area contributed by atoms with Crippen LogP contribution in [0.5, 0.6) is 0 Å². The summed E-state index contributed by atoms with van der Waals surface area (Å²) in [6.07, 6.45) is 65.8. The number of esters is 3. The minimum absolute atomic E-state index is 0.0794. The maximum Gasteiger partial charge on any atom is 0.306 e. The van der Waals surface area contributed by atoms with Crippen LogP contribution in [0.4, 0.5) is 0 Å². The van der Waals surface area contributed by atoms with Gasteiger partial charge in [-0.1, -0.05) is 276 Å². The third-order valence-electron chi connectivity index (χ3n) is 12.9. The zero-order chi connectivity index (χ0) is 47.9. The Morgan fingerprint density at radius 1 is 0.318 bits per heavy atom. The van der Waals surface area contributed by atoms with Crippen LogP contribution in [0.15, 0.2) is 36.5 Å². The van der Waals surface area contributed by atoms with Crippen LogP contribution in [0.3, 0.4) is 0 Å². The van der Waals surface area contributed by atoms with E-state index in [1.54, 1.807) is 0 Å². The largest absolute Gasteiger partial charge is 0.462 e. The van der Waals surface area contributed by atoms with E-state index in [1.165, 1.54) is 186 Å². The van der Waals surface area contributed by atoms with Crippen LogP contribution in [0.1, 0.15) is 310 Å². The summed E-state index contributed by atoms with van der Waals surface area (Å²) in [5.74, 6) is -0.892. The molecule has 0 bridgehead atoms. The van der Waals surface area contributed by atoms with Crippen molar-refractivity contribution in [2.45, 2.75) is 316 Å². The lowest BCUT2D eigenvalue weighted by molar-refractivity contribution is -0.167. The fourth-order valence-electron chi connectivity index (χ4n) is 8.58. The maximum absolute atomic E-state index is 12.8. The van der Waals surface area contributed by atoms with Gasteiger partial charge < -0.3 is 14.2 Å². The Morgan fingerprint density at radius 3 is 0.924 bits per heavy atom. The van der Waals surface area contributed by atoms with Crippen molar-refractivity contribution in [3.05, 3.63) is 36.5 Å². The number of hydrogen-bond donors (Lipinski definition) is 0. The molecule has 6 heteroatoms. The molecule has 0 saturated carbocycles. The highest BCUT2D eigenvalue weighted by Gasteiger charge is 2.19. The van der Waals surface area contributed by atoms with E-state index in [0.29, 0.717) is 19.3 Å². The first-order chi connectivity index (χ1) is 32.5. The third kappa shape index (κ3) is 52.6. The standard InChI is InChI=1S/C60H110O6/c1-4-7-10-13-16-19-22-25-26-27-28-29-30-31-32-33-34-36-38-41-44-47-50-53-59(62)65-56-57(55-64-58(61)52-49-46-43-40-37-24-21-18-15-12-9-6-3)66-60(63)54-51-48-45-42-39-35-23-20-17-14-11-8-5-2/h8,11,17,20,35,39,57H,4-7,9-10,12-16,18-19,21-34,36-38,40-56H2,1-3H3/b11-8-,20-17-,39-35-. The van der Waals surface area contributed by atoms with Crippen molar-refractivity contribution in [2.24, 2.45) is 0 Å². The van der Waals surface area contributed by atoms with E-state index in [2.05, 4.69) is 57.2 Å². The number of unbranched alkanes of at least 4 members (excludes halogenated alkanes) is 36. The molecule has 0 aromatic rings. The average Bonchev–Trinajstić information content (AvgIpc) is 3.31. The fourth-order valence-corrected chi connectivity index (χ4v) is 8.58. The predicted octanol–water partition coefficient (Wildman–Crippen LogP) is 19.3. The number of rotatable bonds is 53. The molecule has 0 amide bonds. The number of carbonyl (C=O) groups excluding carboxylic acids is 3. The first-order valence-corrected chi connectivity index (χ1v) is 29.0. The van der Waals surface area contributed by atoms with Crippen molar-refractivity contribution in [1.29, 1.82) is 0 Å². The Morgan fingerprint density at radius 2 is 0.591 bits per heavy atom. The van der Waals surface area contributed by atoms with Gasteiger partial charge in [0.05, 0.1) is 0 Å². The molecular weight excluding hydrogens is 817 g/mol. The van der Waals surface area contributed by atoms with Crippen LogP contribution in [-0.2, 0) is 28.6 Å². The van der Waals surface area contributed by atoms with Crippen LogP contribution in [0.25, 0.3) is 0 Å². The van der Waals surface area contributed by atoms with E-state index >= 15 is 0 Å². The Hall–Kier alpha value is -2.37. The van der Waals surface area contributed by atoms with Crippen LogP contribution < -0.4 is 0 Å². The Kier molecular flexibility index (Phi) is 53.2. The molecule has 386 valence electrons. The molecule has 0 radical (unpaired) electrons. The SMILES string of the molecule is CC/C=C\C/C=C\C/C=C\CCCCCC(=O)OC(COC(=O)CCCCCCCCCCCCCC)COC(=O)CCCCCCCCCCCCCCCCCCCCCCCCC. The van der Waals surface area contributed by atoms with Crippen molar-refractivity contribution in [1.82, 2.24) is 0 Å². The van der Waals surface area contributed by atoms with Gasteiger partial charge in [0, 0.05) is 19.3 Å². The average molecular weight is 928 g/mol. The molecule has 1 unspecified atom stereocenters. The topological polar surface area (TPSA) is 78.9 Å². The lowest BCUT2D eigenvalue weighted by atomic mass is 10.0.